The van der Waals surface area contributed by atoms with Crippen molar-refractivity contribution in [3.8, 4) is 34.5 Å². The number of hydrogen-bond acceptors (Lipinski definition) is 6. The van der Waals surface area contributed by atoms with Crippen molar-refractivity contribution in [2.75, 3.05) is 7.11 Å². The maximum atomic E-state index is 12.8. The standard InChI is InChI=1S/C14H10F4N4O3/c1-23-10-6-7(2-3-9(10)24-14(17)18)11-20-21-12(25-11)8-4-5-19-22(8)13(15)16/h2-6,13-14H,1H3. The van der Waals surface area contributed by atoms with Gasteiger partial charge in [-0.2, -0.15) is 27.3 Å². The zero-order valence-electron chi connectivity index (χ0n) is 12.6. The number of benzene rings is 1. The van der Waals surface area contributed by atoms with Gasteiger partial charge in [0.25, 0.3) is 5.89 Å². The average Bonchev–Trinajstić information content (AvgIpc) is 3.23. The van der Waals surface area contributed by atoms with Gasteiger partial charge in [-0.15, -0.1) is 10.2 Å². The Kier molecular flexibility index (Phi) is 4.55. The van der Waals surface area contributed by atoms with E-state index in [2.05, 4.69) is 20.0 Å². The molecule has 0 aliphatic rings. The van der Waals surface area contributed by atoms with Crippen LogP contribution >= 0.6 is 0 Å². The maximum Gasteiger partial charge on any atom is 0.387 e. The van der Waals surface area contributed by atoms with Crippen LogP contribution in [0, 0.1) is 0 Å². The van der Waals surface area contributed by atoms with Crippen LogP contribution in [0.25, 0.3) is 23.0 Å². The van der Waals surface area contributed by atoms with Crippen molar-refractivity contribution >= 4 is 0 Å². The summed E-state index contributed by atoms with van der Waals surface area (Å²) in [5.41, 5.74) is 0.277. The number of hydrogen-bond donors (Lipinski definition) is 0. The molecule has 7 nitrogen and oxygen atoms in total. The Bertz CT molecular complexity index is 865. The summed E-state index contributed by atoms with van der Waals surface area (Å²) in [5, 5.41) is 10.9. The zero-order chi connectivity index (χ0) is 18.0. The lowest BCUT2D eigenvalue weighted by molar-refractivity contribution is -0.0512. The van der Waals surface area contributed by atoms with Crippen molar-refractivity contribution in [2.24, 2.45) is 0 Å². The molecular formula is C14H10F4N4O3. The van der Waals surface area contributed by atoms with E-state index in [0.29, 0.717) is 10.2 Å². The van der Waals surface area contributed by atoms with Gasteiger partial charge in [0.15, 0.2) is 11.5 Å². The van der Waals surface area contributed by atoms with Crippen LogP contribution in [0.15, 0.2) is 34.9 Å². The van der Waals surface area contributed by atoms with Crippen LogP contribution in [0.2, 0.25) is 0 Å². The summed E-state index contributed by atoms with van der Waals surface area (Å²) < 4.78 is 65.4. The number of alkyl halides is 4. The lowest BCUT2D eigenvalue weighted by Gasteiger charge is -2.10. The molecule has 2 heterocycles. The van der Waals surface area contributed by atoms with Crippen LogP contribution in [-0.4, -0.2) is 33.7 Å². The largest absolute Gasteiger partial charge is 0.493 e. The summed E-state index contributed by atoms with van der Waals surface area (Å²) >= 11 is 0. The fourth-order valence-corrected chi connectivity index (χ4v) is 2.08. The van der Waals surface area contributed by atoms with Gasteiger partial charge in [-0.1, -0.05) is 0 Å². The molecule has 1 aromatic carbocycles. The summed E-state index contributed by atoms with van der Waals surface area (Å²) in [5.74, 6) is -0.328. The number of ether oxygens (including phenoxy) is 2. The highest BCUT2D eigenvalue weighted by Gasteiger charge is 2.20. The molecule has 0 bridgehead atoms. The highest BCUT2D eigenvalue weighted by Crippen LogP contribution is 2.34. The summed E-state index contributed by atoms with van der Waals surface area (Å²) in [6, 6.07) is 5.28. The SMILES string of the molecule is COc1cc(-c2nnc(-c3ccnn3C(F)F)o2)ccc1OC(F)F. The van der Waals surface area contributed by atoms with E-state index in [9.17, 15) is 17.6 Å². The molecule has 0 unspecified atom stereocenters. The Labute approximate surface area is 137 Å². The van der Waals surface area contributed by atoms with Crippen LogP contribution in [-0.2, 0) is 0 Å². The van der Waals surface area contributed by atoms with Crippen molar-refractivity contribution in [3.05, 3.63) is 30.5 Å². The van der Waals surface area contributed by atoms with Crippen molar-refractivity contribution in [1.82, 2.24) is 20.0 Å². The lowest BCUT2D eigenvalue weighted by atomic mass is 10.2. The molecule has 2 aromatic heterocycles. The summed E-state index contributed by atoms with van der Waals surface area (Å²) in [6.45, 7) is -5.88. The van der Waals surface area contributed by atoms with Crippen molar-refractivity contribution in [3.63, 3.8) is 0 Å². The second-order valence-corrected chi connectivity index (χ2v) is 4.60. The number of methoxy groups -OCH3 is 1. The molecule has 25 heavy (non-hydrogen) atoms. The second-order valence-electron chi connectivity index (χ2n) is 4.60. The Morgan fingerprint density at radius 2 is 1.80 bits per heavy atom. The van der Waals surface area contributed by atoms with Gasteiger partial charge in [-0.05, 0) is 24.3 Å². The van der Waals surface area contributed by atoms with Crippen molar-refractivity contribution < 1.29 is 31.5 Å². The Hall–Kier alpha value is -3.11. The summed E-state index contributed by atoms with van der Waals surface area (Å²) in [7, 11) is 1.28. The molecule has 0 amide bonds. The Morgan fingerprint density at radius 1 is 1.04 bits per heavy atom. The molecule has 0 N–H and O–H groups in total. The van der Waals surface area contributed by atoms with E-state index in [1.54, 1.807) is 0 Å². The highest BCUT2D eigenvalue weighted by atomic mass is 19.3. The number of aromatic nitrogens is 4. The maximum absolute atomic E-state index is 12.8. The second kappa shape index (κ2) is 6.79. The molecule has 11 heteroatoms. The van der Waals surface area contributed by atoms with Gasteiger partial charge in [0.05, 0.1) is 7.11 Å². The van der Waals surface area contributed by atoms with Gasteiger partial charge in [-0.3, -0.25) is 0 Å². The lowest BCUT2D eigenvalue weighted by Crippen LogP contribution is -2.03. The summed E-state index contributed by atoms with van der Waals surface area (Å²) in [6.07, 6.45) is 1.17. The van der Waals surface area contributed by atoms with Gasteiger partial charge < -0.3 is 13.9 Å². The molecule has 0 fully saturated rings. The Balaban J connectivity index is 1.93. The average molecular weight is 358 g/mol. The first-order chi connectivity index (χ1) is 12.0. The fraction of sp³-hybridized carbons (Fsp3) is 0.214. The van der Waals surface area contributed by atoms with E-state index in [1.807, 2.05) is 0 Å². The first-order valence-electron chi connectivity index (χ1n) is 6.78. The van der Waals surface area contributed by atoms with Crippen molar-refractivity contribution in [1.29, 1.82) is 0 Å². The molecule has 0 aliphatic heterocycles. The van der Waals surface area contributed by atoms with E-state index in [0.717, 1.165) is 0 Å². The van der Waals surface area contributed by atoms with Gasteiger partial charge in [0.2, 0.25) is 5.89 Å². The van der Waals surface area contributed by atoms with Crippen LogP contribution in [0.3, 0.4) is 0 Å². The first kappa shape index (κ1) is 16.7. The molecule has 3 rings (SSSR count). The van der Waals surface area contributed by atoms with E-state index >= 15 is 0 Å². The fourth-order valence-electron chi connectivity index (χ4n) is 2.08. The molecule has 0 radical (unpaired) electrons. The molecule has 0 aliphatic carbocycles. The molecular weight excluding hydrogens is 348 g/mol. The quantitative estimate of drug-likeness (QED) is 0.627. The minimum absolute atomic E-state index is 0.0149. The monoisotopic (exact) mass is 358 g/mol. The topological polar surface area (TPSA) is 75.2 Å². The van der Waals surface area contributed by atoms with E-state index < -0.39 is 13.2 Å². The Morgan fingerprint density at radius 3 is 2.48 bits per heavy atom. The highest BCUT2D eigenvalue weighted by molar-refractivity contribution is 5.61. The zero-order valence-corrected chi connectivity index (χ0v) is 12.6. The number of rotatable bonds is 6. The normalized spacial score (nSPS) is 11.3. The third-order valence-electron chi connectivity index (χ3n) is 3.13. The van der Waals surface area contributed by atoms with Gasteiger partial charge in [0, 0.05) is 11.8 Å². The molecule has 0 saturated carbocycles. The van der Waals surface area contributed by atoms with Crippen molar-refractivity contribution in [2.45, 2.75) is 13.2 Å². The minimum Gasteiger partial charge on any atom is -0.493 e. The number of halogens is 4. The molecule has 0 spiro atoms. The van der Waals surface area contributed by atoms with E-state index in [4.69, 9.17) is 9.15 Å². The number of nitrogens with zero attached hydrogens (tertiary/aromatic N) is 4. The van der Waals surface area contributed by atoms with Crippen LogP contribution in [0.4, 0.5) is 17.6 Å². The van der Waals surface area contributed by atoms with Crippen LogP contribution in [0.5, 0.6) is 11.5 Å². The molecule has 3 aromatic rings. The third kappa shape index (κ3) is 3.39. The van der Waals surface area contributed by atoms with Gasteiger partial charge in [0.1, 0.15) is 5.69 Å². The van der Waals surface area contributed by atoms with E-state index in [-0.39, 0.29) is 29.0 Å². The third-order valence-corrected chi connectivity index (χ3v) is 3.13. The minimum atomic E-state index is -3.01. The van der Waals surface area contributed by atoms with Gasteiger partial charge in [-0.25, -0.2) is 0 Å². The van der Waals surface area contributed by atoms with Crippen LogP contribution < -0.4 is 9.47 Å². The van der Waals surface area contributed by atoms with Gasteiger partial charge >= 0.3 is 13.2 Å². The predicted octanol–water partition coefficient (Wildman–Crippen LogP) is 3.61. The molecule has 132 valence electrons. The molecule has 0 saturated heterocycles. The molecule has 0 atom stereocenters. The predicted molar refractivity (Wildman–Crippen MR) is 75.4 cm³/mol. The van der Waals surface area contributed by atoms with E-state index in [1.165, 1.54) is 37.6 Å². The van der Waals surface area contributed by atoms with Crippen LogP contribution in [0.1, 0.15) is 6.55 Å². The summed E-state index contributed by atoms with van der Waals surface area (Å²) in [4.78, 5) is 0. The first-order valence-corrected chi connectivity index (χ1v) is 6.78. The smallest absolute Gasteiger partial charge is 0.387 e.